The van der Waals surface area contributed by atoms with E-state index < -0.39 is 11.2 Å². The molecule has 0 spiro atoms. The predicted molar refractivity (Wildman–Crippen MR) is 146 cm³/mol. The first-order valence-electron chi connectivity index (χ1n) is 12.6. The molecule has 37 heavy (non-hydrogen) atoms. The number of hydrogen-bond donors (Lipinski definition) is 1. The summed E-state index contributed by atoms with van der Waals surface area (Å²) in [6, 6.07) is 13.1. The Morgan fingerprint density at radius 1 is 1.11 bits per heavy atom. The molecule has 1 aliphatic rings. The van der Waals surface area contributed by atoms with Gasteiger partial charge in [0, 0.05) is 38.3 Å². The van der Waals surface area contributed by atoms with Crippen LogP contribution in [0.1, 0.15) is 37.0 Å². The van der Waals surface area contributed by atoms with Crippen molar-refractivity contribution in [1.82, 2.24) is 18.7 Å². The molecule has 0 amide bonds. The van der Waals surface area contributed by atoms with E-state index in [2.05, 4.69) is 4.90 Å². The van der Waals surface area contributed by atoms with E-state index in [4.69, 9.17) is 10.7 Å². The molecule has 0 aliphatic carbocycles. The summed E-state index contributed by atoms with van der Waals surface area (Å²) in [5.74, 6) is 0.320. The van der Waals surface area contributed by atoms with Gasteiger partial charge in [0.2, 0.25) is 5.95 Å². The fourth-order valence-electron chi connectivity index (χ4n) is 5.08. The molecule has 0 bridgehead atoms. The molecule has 1 unspecified atom stereocenters. The molecular weight excluding hydrogens is 468 g/mol. The lowest BCUT2D eigenvalue weighted by molar-refractivity contribution is 0.0970. The second-order valence-corrected chi connectivity index (χ2v) is 10.0. The molecule has 9 heteroatoms. The van der Waals surface area contributed by atoms with Crippen molar-refractivity contribution in [1.29, 1.82) is 0 Å². The highest BCUT2D eigenvalue weighted by atomic mass is 16.2. The molecule has 1 saturated heterocycles. The number of carbonyl (C=O) groups excluding carboxylic acids is 1. The number of ketones is 1. The van der Waals surface area contributed by atoms with Crippen LogP contribution in [0, 0.1) is 0 Å². The summed E-state index contributed by atoms with van der Waals surface area (Å²) in [7, 11) is 1.59. The van der Waals surface area contributed by atoms with E-state index in [1.807, 2.05) is 60.9 Å². The van der Waals surface area contributed by atoms with E-state index in [0.717, 1.165) is 40.3 Å². The molecule has 1 fully saturated rings. The topological polar surface area (TPSA) is 108 Å². The number of imidazole rings is 1. The third-order valence-corrected chi connectivity index (χ3v) is 7.03. The average molecular weight is 501 g/mol. The maximum Gasteiger partial charge on any atom is 0.332 e. The largest absolute Gasteiger partial charge is 0.341 e. The Bertz CT molecular complexity index is 1650. The van der Waals surface area contributed by atoms with Crippen LogP contribution in [0.3, 0.4) is 0 Å². The minimum Gasteiger partial charge on any atom is -0.341 e. The maximum atomic E-state index is 13.8. The lowest BCUT2D eigenvalue weighted by atomic mass is 10.0. The summed E-state index contributed by atoms with van der Waals surface area (Å²) in [6.45, 7) is 5.45. The van der Waals surface area contributed by atoms with Crippen molar-refractivity contribution in [3.8, 4) is 0 Å². The second-order valence-electron chi connectivity index (χ2n) is 10.0. The van der Waals surface area contributed by atoms with Gasteiger partial charge in [-0.2, -0.15) is 4.98 Å². The minimum absolute atomic E-state index is 0.0178. The van der Waals surface area contributed by atoms with Crippen LogP contribution in [-0.2, 0) is 20.1 Å². The Morgan fingerprint density at radius 3 is 2.62 bits per heavy atom. The molecule has 9 nitrogen and oxygen atoms in total. The lowest BCUT2D eigenvalue weighted by Gasteiger charge is -2.31. The zero-order valence-electron chi connectivity index (χ0n) is 21.5. The molecule has 2 N–H and O–H groups in total. The summed E-state index contributed by atoms with van der Waals surface area (Å²) in [5, 5.41) is 1.71. The van der Waals surface area contributed by atoms with Crippen molar-refractivity contribution in [2.75, 3.05) is 18.0 Å². The summed E-state index contributed by atoms with van der Waals surface area (Å²) >= 11 is 0. The number of Topliss-reactive ketones (excluding diaryl/α,β-unsaturated/α-hetero) is 1. The lowest BCUT2D eigenvalue weighted by Crippen LogP contribution is -2.44. The van der Waals surface area contributed by atoms with Crippen LogP contribution in [0.4, 0.5) is 5.95 Å². The van der Waals surface area contributed by atoms with Gasteiger partial charge in [-0.15, -0.1) is 0 Å². The van der Waals surface area contributed by atoms with Crippen molar-refractivity contribution in [2.45, 2.75) is 45.8 Å². The molecular formula is C28H32N6O3. The number of nitrogens with two attached hydrogens (primary N) is 1. The molecule has 3 heterocycles. The Morgan fingerprint density at radius 2 is 1.86 bits per heavy atom. The Kier molecular flexibility index (Phi) is 6.55. The van der Waals surface area contributed by atoms with Gasteiger partial charge in [-0.25, -0.2) is 4.79 Å². The van der Waals surface area contributed by atoms with Crippen LogP contribution < -0.4 is 21.9 Å². The number of fused-ring (bicyclic) bond motifs is 2. The van der Waals surface area contributed by atoms with Gasteiger partial charge >= 0.3 is 5.69 Å². The average Bonchev–Trinajstić information content (AvgIpc) is 3.28. The fraction of sp³-hybridized carbons (Fsp3) is 0.357. The number of rotatable bonds is 6. The highest BCUT2D eigenvalue weighted by Gasteiger charge is 2.26. The van der Waals surface area contributed by atoms with Crippen LogP contribution in [0.2, 0.25) is 0 Å². The molecule has 5 rings (SSSR count). The monoisotopic (exact) mass is 500 g/mol. The third kappa shape index (κ3) is 4.51. The zero-order valence-corrected chi connectivity index (χ0v) is 21.5. The van der Waals surface area contributed by atoms with Gasteiger partial charge in [0.05, 0.1) is 6.54 Å². The Balaban J connectivity index is 1.66. The van der Waals surface area contributed by atoms with Crippen molar-refractivity contribution in [3.63, 3.8) is 0 Å². The summed E-state index contributed by atoms with van der Waals surface area (Å²) < 4.78 is 4.24. The molecule has 4 aromatic rings. The van der Waals surface area contributed by atoms with E-state index in [9.17, 15) is 14.4 Å². The smallest absolute Gasteiger partial charge is 0.332 e. The first kappa shape index (κ1) is 24.7. The van der Waals surface area contributed by atoms with E-state index >= 15 is 0 Å². The number of aromatic nitrogens is 4. The number of nitrogens with zero attached hydrogens (tertiary/aromatic N) is 5. The standard InChI is InChI=1S/C28H32N6O3/c1-18(2)13-15-33-24-25(30-27(33)32-14-7-10-20(29)16-32)31(3)28(37)34(26(24)36)17-23(35)22-12-6-9-19-8-4-5-11-21(19)22/h4-6,8-9,11-13,20H,7,10,14-17,29H2,1-3H3. The number of hydrogen-bond acceptors (Lipinski definition) is 6. The van der Waals surface area contributed by atoms with E-state index in [-0.39, 0.29) is 18.4 Å². The van der Waals surface area contributed by atoms with Gasteiger partial charge in [-0.05, 0) is 37.5 Å². The first-order valence-corrected chi connectivity index (χ1v) is 12.6. The van der Waals surface area contributed by atoms with E-state index in [1.54, 1.807) is 13.1 Å². The van der Waals surface area contributed by atoms with Gasteiger partial charge < -0.3 is 15.2 Å². The zero-order chi connectivity index (χ0) is 26.3. The van der Waals surface area contributed by atoms with Crippen molar-refractivity contribution < 1.29 is 4.79 Å². The first-order chi connectivity index (χ1) is 17.8. The third-order valence-electron chi connectivity index (χ3n) is 7.03. The van der Waals surface area contributed by atoms with Crippen LogP contribution in [0.25, 0.3) is 21.9 Å². The minimum atomic E-state index is -0.570. The molecule has 192 valence electrons. The van der Waals surface area contributed by atoms with Gasteiger partial charge in [0.1, 0.15) is 0 Å². The van der Waals surface area contributed by atoms with Crippen molar-refractivity contribution in [3.05, 3.63) is 80.5 Å². The van der Waals surface area contributed by atoms with Crippen LogP contribution >= 0.6 is 0 Å². The van der Waals surface area contributed by atoms with Crippen LogP contribution in [0.5, 0.6) is 0 Å². The number of piperidine rings is 1. The quantitative estimate of drug-likeness (QED) is 0.322. The maximum absolute atomic E-state index is 13.8. The van der Waals surface area contributed by atoms with E-state index in [0.29, 0.717) is 35.8 Å². The molecule has 0 radical (unpaired) electrons. The van der Waals surface area contributed by atoms with Gasteiger partial charge in [-0.3, -0.25) is 18.7 Å². The number of anilines is 1. The van der Waals surface area contributed by atoms with Gasteiger partial charge in [0.25, 0.3) is 5.56 Å². The van der Waals surface area contributed by atoms with Crippen molar-refractivity contribution in [2.24, 2.45) is 12.8 Å². The number of carbonyl (C=O) groups is 1. The van der Waals surface area contributed by atoms with Crippen LogP contribution in [0.15, 0.2) is 63.7 Å². The number of benzene rings is 2. The highest BCUT2D eigenvalue weighted by Crippen LogP contribution is 2.24. The summed E-state index contributed by atoms with van der Waals surface area (Å²) in [4.78, 5) is 47.4. The van der Waals surface area contributed by atoms with Gasteiger partial charge in [0.15, 0.2) is 16.9 Å². The highest BCUT2D eigenvalue weighted by molar-refractivity contribution is 6.08. The normalized spacial score (nSPS) is 15.9. The molecule has 1 aliphatic heterocycles. The molecule has 0 saturated carbocycles. The summed E-state index contributed by atoms with van der Waals surface area (Å²) in [6.07, 6.45) is 3.88. The fourth-order valence-corrected chi connectivity index (χ4v) is 5.08. The van der Waals surface area contributed by atoms with Crippen molar-refractivity contribution >= 4 is 33.7 Å². The molecule has 1 atom stereocenters. The summed E-state index contributed by atoms with van der Waals surface area (Å²) in [5.41, 5.74) is 7.34. The number of aryl methyl sites for hydroxylation is 1. The molecule has 2 aromatic heterocycles. The Hall–Kier alpha value is -3.98. The SMILES string of the molecule is CC(C)=CCn1c(N2CCCC(N)C2)nc2c1c(=O)n(CC(=O)c1cccc3ccccc13)c(=O)n2C. The predicted octanol–water partition coefficient (Wildman–Crippen LogP) is 2.83. The van der Waals surface area contributed by atoms with E-state index in [1.165, 1.54) is 4.57 Å². The van der Waals surface area contributed by atoms with Gasteiger partial charge in [-0.1, -0.05) is 54.1 Å². The molecule has 2 aromatic carbocycles. The van der Waals surface area contributed by atoms with Crippen LogP contribution in [-0.4, -0.2) is 43.6 Å². The Labute approximate surface area is 214 Å². The second kappa shape index (κ2) is 9.82. The number of allylic oxidation sites excluding steroid dienone is 2.